The fourth-order valence-corrected chi connectivity index (χ4v) is 1.82. The molecule has 0 aromatic rings. The van der Waals surface area contributed by atoms with Crippen LogP contribution in [0.2, 0.25) is 0 Å². The number of nitrogens with one attached hydrogen (secondary N) is 1. The van der Waals surface area contributed by atoms with Crippen LogP contribution in [-0.2, 0) is 4.74 Å². The van der Waals surface area contributed by atoms with E-state index in [4.69, 9.17) is 4.74 Å². The Balaban J connectivity index is 1.91. The molecule has 0 radical (unpaired) electrons. The summed E-state index contributed by atoms with van der Waals surface area (Å²) >= 11 is 0. The number of ether oxygens (including phenoxy) is 1. The van der Waals surface area contributed by atoms with Gasteiger partial charge < -0.3 is 15.0 Å². The second kappa shape index (κ2) is 7.21. The monoisotopic (exact) mass is 200 g/mol. The van der Waals surface area contributed by atoms with Gasteiger partial charge in [0.2, 0.25) is 0 Å². The molecule has 1 aliphatic rings. The zero-order chi connectivity index (χ0) is 10.2. The molecule has 14 heavy (non-hydrogen) atoms. The highest BCUT2D eigenvalue weighted by Gasteiger charge is 2.14. The van der Waals surface area contributed by atoms with Crippen molar-refractivity contribution in [2.24, 2.45) is 5.92 Å². The van der Waals surface area contributed by atoms with Gasteiger partial charge in [-0.25, -0.2) is 0 Å². The minimum atomic E-state index is 0.817. The molecular formula is C11H24N2O. The van der Waals surface area contributed by atoms with Gasteiger partial charge in [-0.05, 0) is 31.8 Å². The largest absolute Gasteiger partial charge is 0.383 e. The van der Waals surface area contributed by atoms with E-state index >= 15 is 0 Å². The van der Waals surface area contributed by atoms with Gasteiger partial charge in [-0.2, -0.15) is 0 Å². The van der Waals surface area contributed by atoms with Gasteiger partial charge >= 0.3 is 0 Å². The van der Waals surface area contributed by atoms with E-state index < -0.39 is 0 Å². The molecular weight excluding hydrogens is 176 g/mol. The van der Waals surface area contributed by atoms with Crippen molar-refractivity contribution in [1.82, 2.24) is 10.2 Å². The fraction of sp³-hybridized carbons (Fsp3) is 1.00. The topological polar surface area (TPSA) is 24.5 Å². The first-order valence-corrected chi connectivity index (χ1v) is 5.75. The van der Waals surface area contributed by atoms with Gasteiger partial charge in [0.15, 0.2) is 0 Å². The summed E-state index contributed by atoms with van der Waals surface area (Å²) in [6.45, 7) is 9.00. The molecule has 0 aromatic carbocycles. The molecule has 0 bridgehead atoms. The van der Waals surface area contributed by atoms with Gasteiger partial charge in [-0.1, -0.05) is 6.92 Å². The number of likely N-dealkylation sites (tertiary alicyclic amines) is 1. The molecule has 1 rings (SSSR count). The van der Waals surface area contributed by atoms with Crippen molar-refractivity contribution < 1.29 is 4.74 Å². The summed E-state index contributed by atoms with van der Waals surface area (Å²) in [5, 5.41) is 3.38. The molecule has 1 fully saturated rings. The van der Waals surface area contributed by atoms with Crippen molar-refractivity contribution in [2.45, 2.75) is 19.8 Å². The zero-order valence-electron chi connectivity index (χ0n) is 9.59. The van der Waals surface area contributed by atoms with E-state index in [1.165, 1.54) is 32.5 Å². The lowest BCUT2D eigenvalue weighted by Crippen LogP contribution is -2.38. The Kier molecular flexibility index (Phi) is 6.15. The van der Waals surface area contributed by atoms with Gasteiger partial charge in [0, 0.05) is 26.7 Å². The van der Waals surface area contributed by atoms with Gasteiger partial charge in [0.1, 0.15) is 0 Å². The predicted molar refractivity (Wildman–Crippen MR) is 59.6 cm³/mol. The van der Waals surface area contributed by atoms with E-state index in [0.717, 1.165) is 25.6 Å². The summed E-state index contributed by atoms with van der Waals surface area (Å²) < 4.78 is 4.97. The Morgan fingerprint density at radius 3 is 2.64 bits per heavy atom. The lowest BCUT2D eigenvalue weighted by atomic mass is 9.99. The second-order valence-electron chi connectivity index (χ2n) is 4.27. The van der Waals surface area contributed by atoms with Crippen molar-refractivity contribution >= 4 is 0 Å². The van der Waals surface area contributed by atoms with Crippen LogP contribution < -0.4 is 5.32 Å². The van der Waals surface area contributed by atoms with Gasteiger partial charge in [-0.3, -0.25) is 0 Å². The number of hydrogen-bond acceptors (Lipinski definition) is 3. The Labute approximate surface area is 87.8 Å². The van der Waals surface area contributed by atoms with E-state index in [9.17, 15) is 0 Å². The first-order valence-electron chi connectivity index (χ1n) is 5.75. The van der Waals surface area contributed by atoms with Crippen molar-refractivity contribution in [2.75, 3.05) is 46.4 Å². The molecule has 0 aromatic heterocycles. The maximum Gasteiger partial charge on any atom is 0.0587 e. The second-order valence-corrected chi connectivity index (χ2v) is 4.27. The van der Waals surface area contributed by atoms with Crippen LogP contribution in [0.25, 0.3) is 0 Å². The quantitative estimate of drug-likeness (QED) is 0.646. The van der Waals surface area contributed by atoms with E-state index in [2.05, 4.69) is 17.1 Å². The minimum Gasteiger partial charge on any atom is -0.383 e. The third kappa shape index (κ3) is 4.94. The Morgan fingerprint density at radius 2 is 2.00 bits per heavy atom. The fourth-order valence-electron chi connectivity index (χ4n) is 1.82. The van der Waals surface area contributed by atoms with E-state index in [1.807, 2.05) is 0 Å². The molecule has 1 heterocycles. The molecule has 0 atom stereocenters. The summed E-state index contributed by atoms with van der Waals surface area (Å²) in [6.07, 6.45) is 2.75. The highest BCUT2D eigenvalue weighted by molar-refractivity contribution is 4.69. The Hall–Kier alpha value is -0.120. The lowest BCUT2D eigenvalue weighted by molar-refractivity contribution is 0.182. The smallest absolute Gasteiger partial charge is 0.0587 e. The first kappa shape index (κ1) is 12.0. The molecule has 0 unspecified atom stereocenters. The SMILES string of the molecule is COCCNCCN1CCC(C)CC1. The average molecular weight is 200 g/mol. The number of piperidine rings is 1. The van der Waals surface area contributed by atoms with Crippen LogP contribution in [0.1, 0.15) is 19.8 Å². The van der Waals surface area contributed by atoms with E-state index in [1.54, 1.807) is 7.11 Å². The number of rotatable bonds is 6. The molecule has 1 N–H and O–H groups in total. The molecule has 0 saturated carbocycles. The van der Waals surface area contributed by atoms with Crippen LogP contribution in [0.5, 0.6) is 0 Å². The molecule has 3 nitrogen and oxygen atoms in total. The van der Waals surface area contributed by atoms with Crippen LogP contribution >= 0.6 is 0 Å². The highest BCUT2D eigenvalue weighted by atomic mass is 16.5. The summed E-state index contributed by atoms with van der Waals surface area (Å²) in [6, 6.07) is 0. The van der Waals surface area contributed by atoms with Crippen LogP contribution in [0.3, 0.4) is 0 Å². The van der Waals surface area contributed by atoms with Gasteiger partial charge in [0.05, 0.1) is 6.61 Å². The molecule has 0 aliphatic carbocycles. The van der Waals surface area contributed by atoms with Crippen molar-refractivity contribution in [3.05, 3.63) is 0 Å². The third-order valence-electron chi connectivity index (χ3n) is 2.96. The van der Waals surface area contributed by atoms with Crippen molar-refractivity contribution in [1.29, 1.82) is 0 Å². The van der Waals surface area contributed by atoms with Crippen LogP contribution in [-0.4, -0.2) is 51.3 Å². The highest BCUT2D eigenvalue weighted by Crippen LogP contribution is 2.14. The molecule has 1 aliphatic heterocycles. The third-order valence-corrected chi connectivity index (χ3v) is 2.96. The summed E-state index contributed by atoms with van der Waals surface area (Å²) in [7, 11) is 1.74. The molecule has 3 heteroatoms. The van der Waals surface area contributed by atoms with Crippen LogP contribution in [0, 0.1) is 5.92 Å². The summed E-state index contributed by atoms with van der Waals surface area (Å²) in [5.41, 5.74) is 0. The van der Waals surface area contributed by atoms with Gasteiger partial charge in [0.25, 0.3) is 0 Å². The molecule has 84 valence electrons. The van der Waals surface area contributed by atoms with Crippen molar-refractivity contribution in [3.8, 4) is 0 Å². The van der Waals surface area contributed by atoms with Crippen molar-refractivity contribution in [3.63, 3.8) is 0 Å². The first-order chi connectivity index (χ1) is 6.83. The minimum absolute atomic E-state index is 0.817. The zero-order valence-corrected chi connectivity index (χ0v) is 9.59. The average Bonchev–Trinajstić information content (AvgIpc) is 2.21. The molecule has 0 amide bonds. The summed E-state index contributed by atoms with van der Waals surface area (Å²) in [4.78, 5) is 2.56. The maximum absolute atomic E-state index is 4.97. The maximum atomic E-state index is 4.97. The van der Waals surface area contributed by atoms with E-state index in [0.29, 0.717) is 0 Å². The standard InChI is InChI=1S/C11H24N2O/c1-11-3-7-13(8-4-11)9-5-12-6-10-14-2/h11-12H,3-10H2,1-2H3. The Bertz CT molecular complexity index is 133. The van der Waals surface area contributed by atoms with Gasteiger partial charge in [-0.15, -0.1) is 0 Å². The number of nitrogens with zero attached hydrogens (tertiary/aromatic N) is 1. The molecule has 0 spiro atoms. The Morgan fingerprint density at radius 1 is 1.29 bits per heavy atom. The summed E-state index contributed by atoms with van der Waals surface area (Å²) in [5.74, 6) is 0.938. The molecule has 1 saturated heterocycles. The number of methoxy groups -OCH3 is 1. The van der Waals surface area contributed by atoms with Crippen LogP contribution in [0.15, 0.2) is 0 Å². The number of hydrogen-bond donors (Lipinski definition) is 1. The normalized spacial score (nSPS) is 20.1. The predicted octanol–water partition coefficient (Wildman–Crippen LogP) is 0.954. The lowest BCUT2D eigenvalue weighted by Gasteiger charge is -2.30. The van der Waals surface area contributed by atoms with E-state index in [-0.39, 0.29) is 0 Å². The van der Waals surface area contributed by atoms with Crippen LogP contribution in [0.4, 0.5) is 0 Å².